The molecular weight excluding hydrogens is 242 g/mol. The molecule has 1 atom stereocenters. The molecule has 2 aromatic rings. The van der Waals surface area contributed by atoms with E-state index in [1.807, 2.05) is 38.1 Å². The number of hydrogen-bond acceptors (Lipinski definition) is 3. The Morgan fingerprint density at radius 2 is 2.00 bits per heavy atom. The van der Waals surface area contributed by atoms with Crippen LogP contribution in [0.1, 0.15) is 32.5 Å². The molecule has 2 nitrogen and oxygen atoms in total. The number of hydrogen-bond donors (Lipinski definition) is 2. The minimum absolute atomic E-state index is 0.610. The average molecular weight is 259 g/mol. The van der Waals surface area contributed by atoms with Crippen molar-refractivity contribution in [1.29, 1.82) is 0 Å². The molecule has 1 heterocycles. The second-order valence-corrected chi connectivity index (χ2v) is 5.73. The van der Waals surface area contributed by atoms with E-state index in [9.17, 15) is 5.11 Å². The van der Waals surface area contributed by atoms with Gasteiger partial charge in [0.05, 0.1) is 6.10 Å². The Morgan fingerprint density at radius 1 is 1.28 bits per heavy atom. The Kier molecular flexibility index (Phi) is 3.73. The van der Waals surface area contributed by atoms with Gasteiger partial charge in [0, 0.05) is 21.9 Å². The number of benzene rings is 1. The number of nitrogen functional groups attached to an aromatic ring is 1. The smallest absolute Gasteiger partial charge is 0.0958 e. The van der Waals surface area contributed by atoms with Crippen LogP contribution < -0.4 is 5.73 Å². The van der Waals surface area contributed by atoms with Crippen LogP contribution in [0.2, 0.25) is 0 Å². The summed E-state index contributed by atoms with van der Waals surface area (Å²) < 4.78 is 0. The zero-order valence-corrected chi connectivity index (χ0v) is 11.4. The van der Waals surface area contributed by atoms with E-state index in [0.29, 0.717) is 5.69 Å². The molecule has 2 radical (unpaired) electrons. The fraction of sp³-hybridized carbons (Fsp3) is 0.200. The van der Waals surface area contributed by atoms with Crippen molar-refractivity contribution >= 4 is 17.0 Å². The zero-order chi connectivity index (χ0) is 13.3. The van der Waals surface area contributed by atoms with Gasteiger partial charge in [-0.2, -0.15) is 0 Å². The molecule has 2 rings (SSSR count). The number of aliphatic hydroxyl groups is 1. The molecule has 1 unspecified atom stereocenters. The maximum atomic E-state index is 10.2. The summed E-state index contributed by atoms with van der Waals surface area (Å²) in [5.41, 5.74) is 9.48. The van der Waals surface area contributed by atoms with Crippen molar-refractivity contribution < 1.29 is 5.11 Å². The fourth-order valence-corrected chi connectivity index (χ4v) is 2.64. The van der Waals surface area contributed by atoms with E-state index >= 15 is 0 Å². The third-order valence-electron chi connectivity index (χ3n) is 3.05. The highest BCUT2D eigenvalue weighted by Crippen LogP contribution is 2.30. The van der Waals surface area contributed by atoms with Crippen LogP contribution in [0.15, 0.2) is 24.3 Å². The lowest BCUT2D eigenvalue weighted by molar-refractivity contribution is 0.219. The van der Waals surface area contributed by atoms with E-state index in [2.05, 4.69) is 6.92 Å². The molecule has 0 aliphatic heterocycles. The third-order valence-corrected chi connectivity index (χ3v) is 4.12. The third kappa shape index (κ3) is 2.57. The van der Waals surface area contributed by atoms with Crippen molar-refractivity contribution in [3.05, 3.63) is 64.1 Å². The van der Waals surface area contributed by atoms with E-state index in [1.54, 1.807) is 17.8 Å². The maximum absolute atomic E-state index is 10.2. The van der Waals surface area contributed by atoms with Gasteiger partial charge in [-0.25, -0.2) is 0 Å². The first kappa shape index (κ1) is 13.1. The molecule has 18 heavy (non-hydrogen) atoms. The number of rotatable bonds is 3. The maximum Gasteiger partial charge on any atom is 0.0958 e. The summed E-state index contributed by atoms with van der Waals surface area (Å²) in [4.78, 5) is 2.12. The summed E-state index contributed by atoms with van der Waals surface area (Å²) >= 11 is 1.59. The molecule has 3 heteroatoms. The fourth-order valence-electron chi connectivity index (χ4n) is 1.80. The van der Waals surface area contributed by atoms with E-state index in [1.165, 1.54) is 4.88 Å². The minimum Gasteiger partial charge on any atom is -0.398 e. The van der Waals surface area contributed by atoms with Crippen LogP contribution in [0, 0.1) is 27.2 Å². The number of aryl methyl sites for hydroxylation is 1. The van der Waals surface area contributed by atoms with E-state index in [0.717, 1.165) is 21.6 Å². The van der Waals surface area contributed by atoms with Crippen LogP contribution in [0.3, 0.4) is 0 Å². The summed E-state index contributed by atoms with van der Waals surface area (Å²) in [6, 6.07) is 7.77. The van der Waals surface area contributed by atoms with Crippen LogP contribution in [-0.4, -0.2) is 5.11 Å². The molecular formula is C15H17NOS. The zero-order valence-electron chi connectivity index (χ0n) is 10.6. The van der Waals surface area contributed by atoms with Gasteiger partial charge in [-0.05, 0) is 49.6 Å². The van der Waals surface area contributed by atoms with Crippen molar-refractivity contribution in [3.63, 3.8) is 0 Å². The molecule has 0 fully saturated rings. The van der Waals surface area contributed by atoms with Crippen molar-refractivity contribution in [2.75, 3.05) is 5.73 Å². The first-order chi connectivity index (χ1) is 8.49. The molecule has 0 spiro atoms. The van der Waals surface area contributed by atoms with Gasteiger partial charge < -0.3 is 10.8 Å². The molecule has 1 aromatic carbocycles. The summed E-state index contributed by atoms with van der Waals surface area (Å²) in [6.45, 7) is 7.87. The van der Waals surface area contributed by atoms with Gasteiger partial charge in [0.2, 0.25) is 0 Å². The second-order valence-electron chi connectivity index (χ2n) is 4.41. The van der Waals surface area contributed by atoms with Crippen LogP contribution in [0.25, 0.3) is 0 Å². The quantitative estimate of drug-likeness (QED) is 0.830. The van der Waals surface area contributed by atoms with Crippen molar-refractivity contribution in [1.82, 2.24) is 0 Å². The van der Waals surface area contributed by atoms with Crippen LogP contribution in [0.5, 0.6) is 0 Å². The summed E-state index contributed by atoms with van der Waals surface area (Å²) in [6.07, 6.45) is 1.17. The number of thiophene rings is 1. The number of aliphatic hydroxyl groups excluding tert-OH is 1. The highest BCUT2D eigenvalue weighted by atomic mass is 32.1. The van der Waals surface area contributed by atoms with Gasteiger partial charge in [0.25, 0.3) is 0 Å². The lowest BCUT2D eigenvalue weighted by Crippen LogP contribution is -2.03. The predicted octanol–water partition coefficient (Wildman–Crippen LogP) is 3.42. The van der Waals surface area contributed by atoms with Crippen molar-refractivity contribution in [2.45, 2.75) is 20.0 Å². The van der Waals surface area contributed by atoms with Gasteiger partial charge >= 0.3 is 0 Å². The Bertz CT molecular complexity index is 560. The lowest BCUT2D eigenvalue weighted by Gasteiger charge is -2.13. The van der Waals surface area contributed by atoms with Crippen molar-refractivity contribution in [3.8, 4) is 0 Å². The first-order valence-electron chi connectivity index (χ1n) is 5.79. The predicted molar refractivity (Wildman–Crippen MR) is 77.5 cm³/mol. The Labute approximate surface area is 112 Å². The molecule has 0 aliphatic carbocycles. The Morgan fingerprint density at radius 3 is 2.61 bits per heavy atom. The average Bonchev–Trinajstić information content (AvgIpc) is 2.77. The van der Waals surface area contributed by atoms with Crippen LogP contribution >= 0.6 is 11.3 Å². The van der Waals surface area contributed by atoms with Gasteiger partial charge in [0.15, 0.2) is 0 Å². The standard InChI is InChI=1S/C15H17NOS/c1-9-4-6-12(15(16)11(9)3)8-13(17)14-7-5-10(2)18-14/h4-8,13,17H,1,16H2,2-3H3. The molecule has 3 N–H and O–H groups in total. The number of anilines is 1. The Balaban J connectivity index is 2.22. The van der Waals surface area contributed by atoms with Gasteiger partial charge in [0.1, 0.15) is 0 Å². The van der Waals surface area contributed by atoms with Gasteiger partial charge in [-0.1, -0.05) is 12.1 Å². The molecule has 94 valence electrons. The topological polar surface area (TPSA) is 46.2 Å². The van der Waals surface area contributed by atoms with Gasteiger partial charge in [-0.3, -0.25) is 0 Å². The largest absolute Gasteiger partial charge is 0.398 e. The highest BCUT2D eigenvalue weighted by Gasteiger charge is 2.14. The minimum atomic E-state index is -0.610. The van der Waals surface area contributed by atoms with Crippen molar-refractivity contribution in [2.24, 2.45) is 0 Å². The summed E-state index contributed by atoms with van der Waals surface area (Å²) in [5, 5.41) is 10.2. The second kappa shape index (κ2) is 5.12. The summed E-state index contributed by atoms with van der Waals surface area (Å²) in [7, 11) is 0. The normalized spacial score (nSPS) is 12.7. The monoisotopic (exact) mass is 259 g/mol. The van der Waals surface area contributed by atoms with E-state index in [-0.39, 0.29) is 0 Å². The van der Waals surface area contributed by atoms with E-state index < -0.39 is 6.10 Å². The summed E-state index contributed by atoms with van der Waals surface area (Å²) in [5.74, 6) is 0. The first-order valence-corrected chi connectivity index (χ1v) is 6.61. The number of nitrogens with two attached hydrogens (primary N) is 1. The van der Waals surface area contributed by atoms with Crippen LogP contribution in [0.4, 0.5) is 5.69 Å². The molecule has 0 amide bonds. The molecule has 0 aliphatic rings. The van der Waals surface area contributed by atoms with Crippen LogP contribution in [-0.2, 0) is 0 Å². The van der Waals surface area contributed by atoms with Gasteiger partial charge in [-0.15, -0.1) is 11.3 Å². The molecule has 1 aromatic heterocycles. The Hall–Kier alpha value is -1.32. The molecule has 0 saturated heterocycles. The molecule has 0 bridgehead atoms. The highest BCUT2D eigenvalue weighted by molar-refractivity contribution is 7.12. The lowest BCUT2D eigenvalue weighted by atomic mass is 9.99. The molecule has 0 saturated carbocycles. The van der Waals surface area contributed by atoms with E-state index in [4.69, 9.17) is 5.73 Å². The SMILES string of the molecule is [CH2]c1ccc([CH]C(O)c2ccc(C)s2)c(N)c1C.